The zero-order valence-corrected chi connectivity index (χ0v) is 23.1. The molecule has 0 aliphatic heterocycles. The molecule has 6 rings (SSSR count). The minimum Gasteiger partial charge on any atom is -0.497 e. The van der Waals surface area contributed by atoms with Crippen LogP contribution in [0.2, 0.25) is 0 Å². The van der Waals surface area contributed by atoms with Crippen molar-refractivity contribution in [3.63, 3.8) is 0 Å². The second-order valence-electron chi connectivity index (χ2n) is 10.3. The molecule has 0 unspecified atom stereocenters. The number of aryl methyl sites for hydroxylation is 1. The van der Waals surface area contributed by atoms with E-state index in [0.717, 1.165) is 64.4 Å². The standard InChI is InChI=1S/C35H33NO5/c1-39-26-13-6-12-25(22-26)27-14-4-5-16-29(27)30-17-8-18-32-31(30)23-34(41-35(37)38)36(32)20-9-21-40-33-19-7-11-24-10-2-3-15-28(24)33/h2-3,6-8,10-13,15,17-19,22-23H,4-5,9,14,16,20-21H2,1H3,(H,37,38). The van der Waals surface area contributed by atoms with E-state index in [1.54, 1.807) is 7.11 Å². The average molecular weight is 548 g/mol. The summed E-state index contributed by atoms with van der Waals surface area (Å²) in [5.74, 6) is 2.01. The lowest BCUT2D eigenvalue weighted by Crippen LogP contribution is -2.10. The Morgan fingerprint density at radius 1 is 0.854 bits per heavy atom. The smallest absolute Gasteiger partial charge is 0.497 e. The van der Waals surface area contributed by atoms with Crippen LogP contribution in [0.4, 0.5) is 4.79 Å². The maximum atomic E-state index is 11.6. The molecule has 0 radical (unpaired) electrons. The second kappa shape index (κ2) is 11.8. The van der Waals surface area contributed by atoms with Crippen LogP contribution >= 0.6 is 0 Å². The van der Waals surface area contributed by atoms with Gasteiger partial charge in [-0.15, -0.1) is 0 Å². The van der Waals surface area contributed by atoms with Crippen molar-refractivity contribution < 1.29 is 24.1 Å². The minimum atomic E-state index is -1.32. The van der Waals surface area contributed by atoms with Gasteiger partial charge in [0.05, 0.1) is 19.2 Å². The number of aromatic nitrogens is 1. The molecule has 1 heterocycles. The van der Waals surface area contributed by atoms with Crippen molar-refractivity contribution >= 4 is 39.0 Å². The van der Waals surface area contributed by atoms with E-state index in [2.05, 4.69) is 42.5 Å². The summed E-state index contributed by atoms with van der Waals surface area (Å²) in [5.41, 5.74) is 5.86. The molecular formula is C35H33NO5. The highest BCUT2D eigenvalue weighted by Crippen LogP contribution is 2.42. The Morgan fingerprint density at radius 2 is 1.63 bits per heavy atom. The lowest BCUT2D eigenvalue weighted by Gasteiger charge is -2.22. The molecule has 6 heteroatoms. The first-order chi connectivity index (χ1) is 20.1. The maximum Gasteiger partial charge on any atom is 0.512 e. The quantitative estimate of drug-likeness (QED) is 0.147. The summed E-state index contributed by atoms with van der Waals surface area (Å²) < 4.78 is 18.9. The molecule has 0 saturated carbocycles. The van der Waals surface area contributed by atoms with Crippen molar-refractivity contribution in [2.45, 2.75) is 38.6 Å². The van der Waals surface area contributed by atoms with Crippen LogP contribution in [0.3, 0.4) is 0 Å². The summed E-state index contributed by atoms with van der Waals surface area (Å²) in [7, 11) is 1.69. The number of ether oxygens (including phenoxy) is 3. The second-order valence-corrected chi connectivity index (χ2v) is 10.3. The van der Waals surface area contributed by atoms with Gasteiger partial charge in [0, 0.05) is 23.4 Å². The Morgan fingerprint density at radius 3 is 2.49 bits per heavy atom. The van der Waals surface area contributed by atoms with E-state index in [0.29, 0.717) is 25.5 Å². The highest BCUT2D eigenvalue weighted by atomic mass is 16.7. The maximum absolute atomic E-state index is 11.6. The molecule has 1 aliphatic rings. The lowest BCUT2D eigenvalue weighted by atomic mass is 9.83. The number of rotatable bonds is 9. The fraction of sp³-hybridized carbons (Fsp3) is 0.229. The molecule has 0 amide bonds. The summed E-state index contributed by atoms with van der Waals surface area (Å²) in [5, 5.41) is 12.7. The molecule has 1 aromatic heterocycles. The van der Waals surface area contributed by atoms with E-state index < -0.39 is 6.16 Å². The Hall–Kier alpha value is -4.71. The predicted molar refractivity (Wildman–Crippen MR) is 163 cm³/mol. The van der Waals surface area contributed by atoms with Crippen LogP contribution in [0.1, 0.15) is 43.2 Å². The molecule has 0 fully saturated rings. The van der Waals surface area contributed by atoms with Crippen molar-refractivity contribution in [1.82, 2.24) is 4.57 Å². The molecule has 0 atom stereocenters. The third-order valence-electron chi connectivity index (χ3n) is 7.84. The number of benzene rings is 4. The third kappa shape index (κ3) is 5.50. The van der Waals surface area contributed by atoms with E-state index >= 15 is 0 Å². The van der Waals surface area contributed by atoms with Gasteiger partial charge >= 0.3 is 6.16 Å². The van der Waals surface area contributed by atoms with E-state index in [9.17, 15) is 9.90 Å². The zero-order valence-electron chi connectivity index (χ0n) is 23.1. The summed E-state index contributed by atoms with van der Waals surface area (Å²) in [4.78, 5) is 11.6. The number of carbonyl (C=O) groups is 1. The highest BCUT2D eigenvalue weighted by molar-refractivity contribution is 6.02. The SMILES string of the molecule is COc1cccc(C2=C(c3cccc4c3cc(OC(=O)O)n4CCCOc3cccc4ccccc34)CCCC2)c1. The van der Waals surface area contributed by atoms with Crippen LogP contribution in [-0.4, -0.2) is 29.5 Å². The molecule has 0 spiro atoms. The molecule has 41 heavy (non-hydrogen) atoms. The van der Waals surface area contributed by atoms with Crippen molar-refractivity contribution in [2.75, 3.05) is 13.7 Å². The van der Waals surface area contributed by atoms with E-state index in [1.165, 1.54) is 16.7 Å². The predicted octanol–water partition coefficient (Wildman–Crippen LogP) is 8.81. The third-order valence-corrected chi connectivity index (χ3v) is 7.84. The number of nitrogens with zero attached hydrogens (tertiary/aromatic N) is 1. The molecule has 5 aromatic rings. The van der Waals surface area contributed by atoms with E-state index in [-0.39, 0.29) is 0 Å². The number of allylic oxidation sites excluding steroid dienone is 2. The van der Waals surface area contributed by atoms with Crippen molar-refractivity contribution in [2.24, 2.45) is 0 Å². The van der Waals surface area contributed by atoms with Crippen molar-refractivity contribution in [1.29, 1.82) is 0 Å². The molecule has 0 saturated heterocycles. The molecule has 0 bridgehead atoms. The Labute approximate surface area is 239 Å². The van der Waals surface area contributed by atoms with Crippen LogP contribution in [-0.2, 0) is 6.54 Å². The average Bonchev–Trinajstić information content (AvgIpc) is 3.35. The number of carboxylic acid groups (broad SMARTS) is 1. The first kappa shape index (κ1) is 26.5. The van der Waals surface area contributed by atoms with Crippen molar-refractivity contribution in [3.8, 4) is 17.4 Å². The van der Waals surface area contributed by atoms with Crippen LogP contribution in [0.15, 0.2) is 91.0 Å². The molecule has 4 aromatic carbocycles. The lowest BCUT2D eigenvalue weighted by molar-refractivity contribution is 0.140. The molecule has 1 N–H and O–H groups in total. The van der Waals surface area contributed by atoms with Gasteiger partial charge in [-0.1, -0.05) is 60.7 Å². The topological polar surface area (TPSA) is 69.9 Å². The fourth-order valence-corrected chi connectivity index (χ4v) is 5.99. The normalized spacial score (nSPS) is 13.5. The van der Waals surface area contributed by atoms with Gasteiger partial charge in [-0.2, -0.15) is 0 Å². The number of fused-ring (bicyclic) bond motifs is 2. The monoisotopic (exact) mass is 547 g/mol. The Kier molecular flexibility index (Phi) is 7.63. The summed E-state index contributed by atoms with van der Waals surface area (Å²) in [6.07, 6.45) is 3.57. The van der Waals surface area contributed by atoms with Gasteiger partial charge in [0.25, 0.3) is 0 Å². The summed E-state index contributed by atoms with van der Waals surface area (Å²) in [6, 6.07) is 30.5. The first-order valence-electron chi connectivity index (χ1n) is 14.1. The summed E-state index contributed by atoms with van der Waals surface area (Å²) in [6.45, 7) is 1.05. The number of methoxy groups -OCH3 is 1. The van der Waals surface area contributed by atoms with Crippen molar-refractivity contribution in [3.05, 3.63) is 102 Å². The van der Waals surface area contributed by atoms with Crippen LogP contribution in [0, 0.1) is 0 Å². The van der Waals surface area contributed by atoms with Gasteiger partial charge < -0.3 is 23.9 Å². The van der Waals surface area contributed by atoms with Crippen LogP contribution in [0.5, 0.6) is 17.4 Å². The first-order valence-corrected chi connectivity index (χ1v) is 14.1. The van der Waals surface area contributed by atoms with Crippen LogP contribution in [0.25, 0.3) is 32.8 Å². The van der Waals surface area contributed by atoms with E-state index in [1.807, 2.05) is 53.1 Å². The number of hydrogen-bond acceptors (Lipinski definition) is 4. The van der Waals surface area contributed by atoms with Gasteiger partial charge in [-0.05, 0) is 84.0 Å². The van der Waals surface area contributed by atoms with Gasteiger partial charge in [-0.25, -0.2) is 4.79 Å². The largest absolute Gasteiger partial charge is 0.512 e. The zero-order chi connectivity index (χ0) is 28.2. The fourth-order valence-electron chi connectivity index (χ4n) is 5.99. The van der Waals surface area contributed by atoms with Gasteiger partial charge in [-0.3, -0.25) is 0 Å². The molecular weight excluding hydrogens is 514 g/mol. The Bertz CT molecular complexity index is 1740. The minimum absolute atomic E-state index is 0.324. The van der Waals surface area contributed by atoms with Crippen LogP contribution < -0.4 is 14.2 Å². The molecule has 1 aliphatic carbocycles. The van der Waals surface area contributed by atoms with Gasteiger partial charge in [0.2, 0.25) is 5.88 Å². The Balaban J connectivity index is 1.32. The molecule has 208 valence electrons. The van der Waals surface area contributed by atoms with E-state index in [4.69, 9.17) is 14.2 Å². The van der Waals surface area contributed by atoms with Gasteiger partial charge in [0.1, 0.15) is 11.5 Å². The number of hydrogen-bond donors (Lipinski definition) is 1. The highest BCUT2D eigenvalue weighted by Gasteiger charge is 2.21. The summed E-state index contributed by atoms with van der Waals surface area (Å²) >= 11 is 0. The van der Waals surface area contributed by atoms with Gasteiger partial charge in [0.15, 0.2) is 0 Å². The molecule has 6 nitrogen and oxygen atoms in total.